The molecule has 0 atom stereocenters. The van der Waals surface area contributed by atoms with Gasteiger partial charge in [-0.3, -0.25) is 14.9 Å². The number of amides is 1. The highest BCUT2D eigenvalue weighted by molar-refractivity contribution is 7.89. The van der Waals surface area contributed by atoms with Crippen molar-refractivity contribution in [3.8, 4) is 0 Å². The van der Waals surface area contributed by atoms with Crippen molar-refractivity contribution in [2.24, 2.45) is 0 Å². The molecule has 0 aliphatic carbocycles. The molecule has 0 unspecified atom stereocenters. The van der Waals surface area contributed by atoms with Gasteiger partial charge in [0.25, 0.3) is 5.69 Å². The Labute approximate surface area is 174 Å². The van der Waals surface area contributed by atoms with E-state index in [0.29, 0.717) is 5.56 Å². The lowest BCUT2D eigenvalue weighted by atomic mass is 9.83. The second-order valence-corrected chi connectivity index (χ2v) is 9.46. The number of para-hydroxylation sites is 1. The highest BCUT2D eigenvalue weighted by atomic mass is 32.2. The average molecular weight is 435 g/mol. The summed E-state index contributed by atoms with van der Waals surface area (Å²) in [5.74, 6) is -0.590. The predicted octanol–water partition coefficient (Wildman–Crippen LogP) is 2.54. The summed E-state index contributed by atoms with van der Waals surface area (Å²) < 4.78 is 40.2. The maximum absolute atomic E-state index is 13.2. The van der Waals surface area contributed by atoms with Gasteiger partial charge >= 0.3 is 0 Å². The van der Waals surface area contributed by atoms with E-state index < -0.39 is 31.9 Å². The van der Waals surface area contributed by atoms with Crippen LogP contribution in [0.5, 0.6) is 0 Å². The zero-order chi connectivity index (χ0) is 22.1. The first kappa shape index (κ1) is 21.8. The van der Waals surface area contributed by atoms with E-state index in [9.17, 15) is 27.7 Å². The molecule has 1 saturated heterocycles. The molecule has 30 heavy (non-hydrogen) atoms. The van der Waals surface area contributed by atoms with Crippen molar-refractivity contribution < 1.29 is 22.5 Å². The second-order valence-electron chi connectivity index (χ2n) is 7.55. The number of nitro groups is 1. The maximum Gasteiger partial charge on any atom is 0.289 e. The second kappa shape index (κ2) is 8.11. The summed E-state index contributed by atoms with van der Waals surface area (Å²) in [5, 5.41) is 11.2. The number of sulfonamides is 1. The van der Waals surface area contributed by atoms with Gasteiger partial charge < -0.3 is 4.90 Å². The van der Waals surface area contributed by atoms with Crippen LogP contribution in [0.3, 0.4) is 0 Å². The number of carbonyl (C=O) groups is 1. The van der Waals surface area contributed by atoms with Gasteiger partial charge in [0.1, 0.15) is 5.82 Å². The van der Waals surface area contributed by atoms with E-state index in [0.717, 1.165) is 10.4 Å². The Balaban J connectivity index is 1.75. The van der Waals surface area contributed by atoms with Crippen molar-refractivity contribution in [2.45, 2.75) is 24.2 Å². The molecule has 0 saturated carbocycles. The lowest BCUT2D eigenvalue weighted by Crippen LogP contribution is -2.54. The van der Waals surface area contributed by atoms with Crippen LogP contribution in [0.25, 0.3) is 0 Å². The molecule has 0 aromatic heterocycles. The number of hydrogen-bond donors (Lipinski definition) is 0. The highest BCUT2D eigenvalue weighted by Crippen LogP contribution is 2.29. The number of halogens is 1. The minimum Gasteiger partial charge on any atom is -0.339 e. The van der Waals surface area contributed by atoms with Gasteiger partial charge in [-0.15, -0.1) is 0 Å². The fourth-order valence-corrected chi connectivity index (χ4v) is 5.06. The van der Waals surface area contributed by atoms with E-state index in [4.69, 9.17) is 0 Å². The molecule has 1 heterocycles. The minimum atomic E-state index is -4.07. The smallest absolute Gasteiger partial charge is 0.289 e. The van der Waals surface area contributed by atoms with Crippen LogP contribution in [0.1, 0.15) is 19.4 Å². The number of piperazine rings is 1. The van der Waals surface area contributed by atoms with Crippen molar-refractivity contribution in [1.29, 1.82) is 0 Å². The normalized spacial score (nSPS) is 15.8. The highest BCUT2D eigenvalue weighted by Gasteiger charge is 2.38. The molecule has 160 valence electrons. The van der Waals surface area contributed by atoms with Crippen LogP contribution in [0.15, 0.2) is 53.4 Å². The van der Waals surface area contributed by atoms with Crippen molar-refractivity contribution in [3.05, 3.63) is 70.0 Å². The van der Waals surface area contributed by atoms with Crippen LogP contribution in [0, 0.1) is 15.9 Å². The molecule has 0 spiro atoms. The van der Waals surface area contributed by atoms with Gasteiger partial charge in [0.15, 0.2) is 4.90 Å². The van der Waals surface area contributed by atoms with E-state index in [-0.39, 0.29) is 37.0 Å². The summed E-state index contributed by atoms with van der Waals surface area (Å²) in [6.45, 7) is 3.84. The molecule has 1 aliphatic rings. The third kappa shape index (κ3) is 4.05. The van der Waals surface area contributed by atoms with Crippen molar-refractivity contribution in [1.82, 2.24) is 9.21 Å². The zero-order valence-corrected chi connectivity index (χ0v) is 17.4. The molecule has 1 aliphatic heterocycles. The van der Waals surface area contributed by atoms with Crippen LogP contribution in [0.2, 0.25) is 0 Å². The molecule has 2 aromatic rings. The largest absolute Gasteiger partial charge is 0.339 e. The molecule has 0 bridgehead atoms. The Hall–Kier alpha value is -2.85. The summed E-state index contributed by atoms with van der Waals surface area (Å²) in [7, 11) is -4.07. The zero-order valence-electron chi connectivity index (χ0n) is 16.6. The molecular formula is C20H22FN3O5S. The van der Waals surface area contributed by atoms with Crippen LogP contribution in [0.4, 0.5) is 10.1 Å². The van der Waals surface area contributed by atoms with Gasteiger partial charge in [0.05, 0.1) is 10.3 Å². The number of nitrogens with zero attached hydrogens (tertiary/aromatic N) is 3. The van der Waals surface area contributed by atoms with Gasteiger partial charge in [0, 0.05) is 32.2 Å². The Morgan fingerprint density at radius 2 is 1.60 bits per heavy atom. The van der Waals surface area contributed by atoms with E-state index in [1.807, 2.05) is 0 Å². The topological polar surface area (TPSA) is 101 Å². The fraction of sp³-hybridized carbons (Fsp3) is 0.350. The molecule has 8 nitrogen and oxygen atoms in total. The molecule has 1 fully saturated rings. The van der Waals surface area contributed by atoms with Gasteiger partial charge in [-0.05, 0) is 37.6 Å². The summed E-state index contributed by atoms with van der Waals surface area (Å²) in [4.78, 5) is 24.7. The minimum absolute atomic E-state index is 0.0274. The van der Waals surface area contributed by atoms with Gasteiger partial charge in [-0.1, -0.05) is 24.3 Å². The molecule has 0 N–H and O–H groups in total. The van der Waals surface area contributed by atoms with E-state index in [2.05, 4.69) is 0 Å². The Kier molecular flexibility index (Phi) is 5.91. The van der Waals surface area contributed by atoms with Crippen LogP contribution in [-0.2, 0) is 20.2 Å². The summed E-state index contributed by atoms with van der Waals surface area (Å²) in [6.07, 6.45) is 0. The standard InChI is InChI=1S/C20H22FN3O5S/c1-20(2,15-7-9-16(21)10-8-15)19(25)22-11-13-23(14-12-22)30(28,29)18-6-4-3-5-17(18)24(26)27/h3-10H,11-14H2,1-2H3. The van der Waals surface area contributed by atoms with Crippen molar-refractivity contribution >= 4 is 21.6 Å². The summed E-state index contributed by atoms with van der Waals surface area (Å²) >= 11 is 0. The molecule has 3 rings (SSSR count). The van der Waals surface area contributed by atoms with E-state index >= 15 is 0 Å². The third-order valence-corrected chi connectivity index (χ3v) is 7.25. The van der Waals surface area contributed by atoms with E-state index in [1.54, 1.807) is 30.9 Å². The molecule has 2 aromatic carbocycles. The van der Waals surface area contributed by atoms with Crippen LogP contribution < -0.4 is 0 Å². The number of rotatable bonds is 5. The molecule has 1 amide bonds. The first-order chi connectivity index (χ1) is 14.0. The maximum atomic E-state index is 13.2. The van der Waals surface area contributed by atoms with Crippen molar-refractivity contribution in [3.63, 3.8) is 0 Å². The monoisotopic (exact) mass is 435 g/mol. The summed E-state index contributed by atoms with van der Waals surface area (Å²) in [6, 6.07) is 10.9. The third-order valence-electron chi connectivity index (χ3n) is 5.31. The van der Waals surface area contributed by atoms with Crippen LogP contribution in [-0.4, -0.2) is 54.6 Å². The van der Waals surface area contributed by atoms with Gasteiger partial charge in [0.2, 0.25) is 15.9 Å². The van der Waals surface area contributed by atoms with Gasteiger partial charge in [-0.25, -0.2) is 12.8 Å². The molecule has 10 heteroatoms. The SMILES string of the molecule is CC(C)(C(=O)N1CCN(S(=O)(=O)c2ccccc2[N+](=O)[O-])CC1)c1ccc(F)cc1. The summed E-state index contributed by atoms with van der Waals surface area (Å²) in [5.41, 5.74) is -0.732. The fourth-order valence-electron chi connectivity index (χ4n) is 3.48. The van der Waals surface area contributed by atoms with Crippen molar-refractivity contribution in [2.75, 3.05) is 26.2 Å². The van der Waals surface area contributed by atoms with E-state index in [1.165, 1.54) is 30.3 Å². The van der Waals surface area contributed by atoms with Crippen LogP contribution >= 0.6 is 0 Å². The number of nitro benzene ring substituents is 1. The molecule has 0 radical (unpaired) electrons. The quantitative estimate of drug-likeness (QED) is 0.531. The lowest BCUT2D eigenvalue weighted by molar-refractivity contribution is -0.387. The Bertz CT molecular complexity index is 1060. The number of benzene rings is 2. The number of hydrogen-bond acceptors (Lipinski definition) is 5. The average Bonchev–Trinajstić information content (AvgIpc) is 2.73. The first-order valence-electron chi connectivity index (χ1n) is 9.34. The lowest BCUT2D eigenvalue weighted by Gasteiger charge is -2.38. The Morgan fingerprint density at radius 1 is 1.03 bits per heavy atom. The molecular weight excluding hydrogens is 413 g/mol. The van der Waals surface area contributed by atoms with Gasteiger partial charge in [-0.2, -0.15) is 4.31 Å². The Morgan fingerprint density at radius 3 is 2.17 bits per heavy atom. The first-order valence-corrected chi connectivity index (χ1v) is 10.8. The number of carbonyl (C=O) groups excluding carboxylic acids is 1. The predicted molar refractivity (Wildman–Crippen MR) is 108 cm³/mol.